The van der Waals surface area contributed by atoms with Gasteiger partial charge < -0.3 is 15.5 Å². The minimum absolute atomic E-state index is 0. The van der Waals surface area contributed by atoms with Crippen LogP contribution >= 0.6 is 24.8 Å². The Hall–Kier alpha value is -0.970. The van der Waals surface area contributed by atoms with Crippen molar-refractivity contribution in [2.75, 3.05) is 31.1 Å². The maximum atomic E-state index is 12.2. The van der Waals surface area contributed by atoms with E-state index < -0.39 is 0 Å². The number of fused-ring (bicyclic) bond motifs is 1. The first-order valence-electron chi connectivity index (χ1n) is 8.00. The highest BCUT2D eigenvalue weighted by molar-refractivity contribution is 5.85. The van der Waals surface area contributed by atoms with Crippen LogP contribution in [0.15, 0.2) is 24.3 Å². The lowest BCUT2D eigenvalue weighted by Crippen LogP contribution is -2.51. The highest BCUT2D eigenvalue weighted by Crippen LogP contribution is 2.28. The molecule has 2 N–H and O–H groups in total. The maximum absolute atomic E-state index is 12.2. The van der Waals surface area contributed by atoms with Crippen molar-refractivity contribution in [2.45, 2.75) is 26.3 Å². The van der Waals surface area contributed by atoms with Gasteiger partial charge in [0.05, 0.1) is 0 Å². The number of nitrogens with one attached hydrogen (secondary N) is 2. The number of halogens is 2. The summed E-state index contributed by atoms with van der Waals surface area (Å²) >= 11 is 0. The number of anilines is 1. The van der Waals surface area contributed by atoms with Crippen molar-refractivity contribution >= 4 is 36.4 Å². The molecule has 130 valence electrons. The van der Waals surface area contributed by atoms with Gasteiger partial charge in [0.2, 0.25) is 5.91 Å². The smallest absolute Gasteiger partial charge is 0.223 e. The number of hydrogen-bond donors (Lipinski definition) is 2. The van der Waals surface area contributed by atoms with Crippen LogP contribution in [0, 0.1) is 11.8 Å². The fourth-order valence-corrected chi connectivity index (χ4v) is 3.22. The Morgan fingerprint density at radius 3 is 2.65 bits per heavy atom. The second kappa shape index (κ2) is 8.76. The lowest BCUT2D eigenvalue weighted by molar-refractivity contribution is -0.126. The van der Waals surface area contributed by atoms with Gasteiger partial charge in [-0.25, -0.2) is 0 Å². The van der Waals surface area contributed by atoms with Crippen LogP contribution in [0.4, 0.5) is 5.69 Å². The molecule has 2 heterocycles. The molecule has 1 aromatic rings. The van der Waals surface area contributed by atoms with Crippen LogP contribution in [0.5, 0.6) is 0 Å². The zero-order chi connectivity index (χ0) is 14.8. The third-order valence-corrected chi connectivity index (χ3v) is 4.96. The summed E-state index contributed by atoms with van der Waals surface area (Å²) in [6, 6.07) is 8.91. The fourth-order valence-electron chi connectivity index (χ4n) is 3.22. The largest absolute Gasteiger partial charge is 0.366 e. The van der Waals surface area contributed by atoms with Crippen molar-refractivity contribution in [3.8, 4) is 0 Å². The molecule has 0 aliphatic carbocycles. The second-order valence-electron chi connectivity index (χ2n) is 6.37. The minimum atomic E-state index is 0. The van der Waals surface area contributed by atoms with Gasteiger partial charge in [0.1, 0.15) is 0 Å². The molecule has 2 atom stereocenters. The first-order valence-corrected chi connectivity index (χ1v) is 8.00. The molecule has 2 aliphatic rings. The lowest BCUT2D eigenvalue weighted by atomic mass is 9.88. The average molecular weight is 360 g/mol. The van der Waals surface area contributed by atoms with E-state index in [-0.39, 0.29) is 36.6 Å². The number of carbonyl (C=O) groups is 1. The normalized spacial score (nSPS) is 18.8. The number of rotatable bonds is 5. The van der Waals surface area contributed by atoms with E-state index >= 15 is 0 Å². The second-order valence-corrected chi connectivity index (χ2v) is 6.37. The van der Waals surface area contributed by atoms with Crippen molar-refractivity contribution < 1.29 is 4.79 Å². The summed E-state index contributed by atoms with van der Waals surface area (Å²) in [5.74, 6) is 0.818. The Morgan fingerprint density at radius 2 is 2.00 bits per heavy atom. The molecule has 0 saturated carbocycles. The van der Waals surface area contributed by atoms with Crippen LogP contribution in [0.25, 0.3) is 0 Å². The average Bonchev–Trinajstić information content (AvgIpc) is 2.86. The zero-order valence-corrected chi connectivity index (χ0v) is 15.4. The number of carbonyl (C=O) groups excluding carboxylic acids is 1. The van der Waals surface area contributed by atoms with Crippen LogP contribution in [-0.2, 0) is 11.2 Å². The highest BCUT2D eigenvalue weighted by Gasteiger charge is 2.29. The van der Waals surface area contributed by atoms with Gasteiger partial charge in [0, 0.05) is 30.7 Å². The predicted molar refractivity (Wildman–Crippen MR) is 100.0 cm³/mol. The highest BCUT2D eigenvalue weighted by atomic mass is 35.5. The van der Waals surface area contributed by atoms with E-state index in [1.807, 2.05) is 6.92 Å². The first-order chi connectivity index (χ1) is 10.2. The molecular formula is C17H27Cl2N3O. The van der Waals surface area contributed by atoms with E-state index in [9.17, 15) is 4.79 Å². The molecule has 2 aliphatic heterocycles. The molecular weight excluding hydrogens is 333 g/mol. The molecule has 2 unspecified atom stereocenters. The van der Waals surface area contributed by atoms with Crippen LogP contribution in [0.3, 0.4) is 0 Å². The maximum Gasteiger partial charge on any atom is 0.223 e. The molecule has 1 amide bonds. The summed E-state index contributed by atoms with van der Waals surface area (Å²) in [7, 11) is 0. The Balaban J connectivity index is 0.00000132. The van der Waals surface area contributed by atoms with Gasteiger partial charge in [-0.15, -0.1) is 24.8 Å². The van der Waals surface area contributed by atoms with E-state index in [1.54, 1.807) is 0 Å². The Bertz CT molecular complexity index is 522. The third-order valence-electron chi connectivity index (χ3n) is 4.96. The van der Waals surface area contributed by atoms with Crippen molar-refractivity contribution in [3.63, 3.8) is 0 Å². The molecule has 0 aromatic heterocycles. The quantitative estimate of drug-likeness (QED) is 0.847. The molecule has 23 heavy (non-hydrogen) atoms. The molecule has 4 nitrogen and oxygen atoms in total. The topological polar surface area (TPSA) is 44.4 Å². The standard InChI is InChI=1S/C17H25N3O.2ClH/c1-12(9-19-17(21)13(2)15-10-18-11-15)20-8-7-14-5-3-4-6-16(14)20;;/h3-6,12-13,15,18H,7-11H2,1-2H3,(H,19,21);2*1H. The van der Waals surface area contributed by atoms with Crippen LogP contribution in [0.1, 0.15) is 19.4 Å². The fraction of sp³-hybridized carbons (Fsp3) is 0.588. The molecule has 1 saturated heterocycles. The van der Waals surface area contributed by atoms with Gasteiger partial charge in [-0.3, -0.25) is 4.79 Å². The summed E-state index contributed by atoms with van der Waals surface area (Å²) in [6.45, 7) is 7.96. The van der Waals surface area contributed by atoms with E-state index in [1.165, 1.54) is 11.3 Å². The molecule has 3 rings (SSSR count). The minimum Gasteiger partial charge on any atom is -0.366 e. The summed E-state index contributed by atoms with van der Waals surface area (Å²) < 4.78 is 0. The monoisotopic (exact) mass is 359 g/mol. The number of nitrogens with zero attached hydrogens (tertiary/aromatic N) is 1. The van der Waals surface area contributed by atoms with Gasteiger partial charge in [-0.05, 0) is 44.0 Å². The van der Waals surface area contributed by atoms with Gasteiger partial charge in [-0.2, -0.15) is 0 Å². The van der Waals surface area contributed by atoms with E-state index in [2.05, 4.69) is 46.7 Å². The Kier molecular flexibility index (Phi) is 7.65. The predicted octanol–water partition coefficient (Wildman–Crippen LogP) is 2.25. The van der Waals surface area contributed by atoms with Gasteiger partial charge in [-0.1, -0.05) is 25.1 Å². The van der Waals surface area contributed by atoms with Crippen molar-refractivity contribution in [3.05, 3.63) is 29.8 Å². The van der Waals surface area contributed by atoms with Crippen molar-refractivity contribution in [1.82, 2.24) is 10.6 Å². The van der Waals surface area contributed by atoms with Gasteiger partial charge in [0.25, 0.3) is 0 Å². The number of para-hydroxylation sites is 1. The van der Waals surface area contributed by atoms with E-state index in [0.29, 0.717) is 12.0 Å². The molecule has 1 aromatic carbocycles. The SMILES string of the molecule is CC(C(=O)NCC(C)N1CCc2ccccc21)C1CNC1.Cl.Cl. The zero-order valence-electron chi connectivity index (χ0n) is 13.7. The first kappa shape index (κ1) is 20.1. The number of amides is 1. The number of hydrogen-bond acceptors (Lipinski definition) is 3. The molecule has 0 spiro atoms. The summed E-state index contributed by atoms with van der Waals surface area (Å²) in [5.41, 5.74) is 2.75. The molecule has 6 heteroatoms. The molecule has 0 bridgehead atoms. The van der Waals surface area contributed by atoms with Crippen molar-refractivity contribution in [1.29, 1.82) is 0 Å². The Morgan fingerprint density at radius 1 is 1.30 bits per heavy atom. The van der Waals surface area contributed by atoms with Crippen LogP contribution in [-0.4, -0.2) is 38.1 Å². The van der Waals surface area contributed by atoms with Crippen LogP contribution in [0.2, 0.25) is 0 Å². The Labute approximate surface area is 151 Å². The van der Waals surface area contributed by atoms with Crippen LogP contribution < -0.4 is 15.5 Å². The van der Waals surface area contributed by atoms with E-state index in [0.717, 1.165) is 32.6 Å². The van der Waals surface area contributed by atoms with Gasteiger partial charge in [0.15, 0.2) is 0 Å². The van der Waals surface area contributed by atoms with Gasteiger partial charge >= 0.3 is 0 Å². The van der Waals surface area contributed by atoms with E-state index in [4.69, 9.17) is 0 Å². The van der Waals surface area contributed by atoms with Crippen molar-refractivity contribution in [2.24, 2.45) is 11.8 Å². The number of benzene rings is 1. The summed E-state index contributed by atoms with van der Waals surface area (Å²) in [4.78, 5) is 14.6. The summed E-state index contributed by atoms with van der Waals surface area (Å²) in [6.07, 6.45) is 1.11. The molecule has 0 radical (unpaired) electrons. The summed E-state index contributed by atoms with van der Waals surface area (Å²) in [5, 5.41) is 6.36. The molecule has 1 fully saturated rings. The lowest BCUT2D eigenvalue weighted by Gasteiger charge is -2.33. The third kappa shape index (κ3) is 4.31.